The number of nitrogens with zero attached hydrogens (tertiary/aromatic N) is 4. The van der Waals surface area contributed by atoms with Crippen LogP contribution >= 0.6 is 11.3 Å². The summed E-state index contributed by atoms with van der Waals surface area (Å²) in [5.41, 5.74) is 11.1. The maximum absolute atomic E-state index is 13.1. The van der Waals surface area contributed by atoms with Crippen molar-refractivity contribution in [1.29, 1.82) is 0 Å². The molecule has 0 fully saturated rings. The van der Waals surface area contributed by atoms with Crippen LogP contribution in [0.3, 0.4) is 0 Å². The number of benzene rings is 1. The summed E-state index contributed by atoms with van der Waals surface area (Å²) in [4.78, 5) is 39.4. The SMILES string of the molecule is COC(=O)c1c(N)n(-c2c(C)ccc(OC)c2C)c2nc(C)nc(-c3ncsc3NC(=O)OC(C)(C)C)c12. The number of aryl methyl sites for hydroxylation is 2. The van der Waals surface area contributed by atoms with Gasteiger partial charge < -0.3 is 19.9 Å². The summed E-state index contributed by atoms with van der Waals surface area (Å²) < 4.78 is 17.8. The van der Waals surface area contributed by atoms with Crippen molar-refractivity contribution < 1.29 is 23.8 Å². The van der Waals surface area contributed by atoms with Crippen LogP contribution < -0.4 is 15.8 Å². The van der Waals surface area contributed by atoms with Crippen LogP contribution in [0.4, 0.5) is 15.6 Å². The van der Waals surface area contributed by atoms with Gasteiger partial charge >= 0.3 is 12.1 Å². The van der Waals surface area contributed by atoms with Gasteiger partial charge in [-0.05, 0) is 53.2 Å². The fraction of sp³-hybridized carbons (Fsp3) is 0.346. The van der Waals surface area contributed by atoms with Crippen LogP contribution in [0.25, 0.3) is 28.1 Å². The number of thiazole rings is 1. The molecule has 38 heavy (non-hydrogen) atoms. The first-order valence-electron chi connectivity index (χ1n) is 11.7. The van der Waals surface area contributed by atoms with E-state index in [1.165, 1.54) is 18.4 Å². The molecule has 3 aromatic heterocycles. The fourth-order valence-corrected chi connectivity index (χ4v) is 4.96. The number of carbonyl (C=O) groups excluding carboxylic acids is 2. The predicted octanol–water partition coefficient (Wildman–Crippen LogP) is 5.19. The van der Waals surface area contributed by atoms with Gasteiger partial charge in [-0.1, -0.05) is 6.07 Å². The van der Waals surface area contributed by atoms with E-state index in [4.69, 9.17) is 19.9 Å². The molecule has 0 radical (unpaired) electrons. The van der Waals surface area contributed by atoms with Gasteiger partial charge in [0.1, 0.15) is 44.9 Å². The van der Waals surface area contributed by atoms with Crippen LogP contribution in [-0.4, -0.2) is 51.4 Å². The summed E-state index contributed by atoms with van der Waals surface area (Å²) in [6.45, 7) is 10.9. The predicted molar refractivity (Wildman–Crippen MR) is 146 cm³/mol. The van der Waals surface area contributed by atoms with Gasteiger partial charge in [-0.25, -0.2) is 24.5 Å². The Morgan fingerprint density at radius 2 is 1.79 bits per heavy atom. The number of carbonyl (C=O) groups is 2. The van der Waals surface area contributed by atoms with E-state index in [-0.39, 0.29) is 11.4 Å². The number of hydrogen-bond donors (Lipinski definition) is 2. The third-order valence-corrected chi connectivity index (χ3v) is 6.52. The maximum Gasteiger partial charge on any atom is 0.412 e. The van der Waals surface area contributed by atoms with Gasteiger partial charge in [0.2, 0.25) is 0 Å². The second-order valence-corrected chi connectivity index (χ2v) is 10.5. The standard InChI is InChI=1S/C26H30N6O5S/c1-12-9-10-15(35-7)13(2)20(12)32-21(27)17(24(33)36-8)16-18(29-14(3)30-22(16)32)19-23(38-11-28-19)31-25(34)37-26(4,5)6/h9-11H,27H2,1-8H3,(H,31,34). The van der Waals surface area contributed by atoms with Crippen LogP contribution in [-0.2, 0) is 9.47 Å². The minimum absolute atomic E-state index is 0.0929. The van der Waals surface area contributed by atoms with Crippen molar-refractivity contribution >= 4 is 45.3 Å². The van der Waals surface area contributed by atoms with Crippen molar-refractivity contribution in [1.82, 2.24) is 19.5 Å². The van der Waals surface area contributed by atoms with Crippen molar-refractivity contribution in [3.8, 4) is 22.8 Å². The van der Waals surface area contributed by atoms with E-state index in [0.717, 1.165) is 16.8 Å². The van der Waals surface area contributed by atoms with E-state index in [9.17, 15) is 9.59 Å². The Morgan fingerprint density at radius 3 is 2.42 bits per heavy atom. The quantitative estimate of drug-likeness (QED) is 0.328. The second-order valence-electron chi connectivity index (χ2n) is 9.62. The summed E-state index contributed by atoms with van der Waals surface area (Å²) in [7, 11) is 2.87. The van der Waals surface area contributed by atoms with Gasteiger partial charge in [0.05, 0.1) is 30.8 Å². The molecule has 11 nitrogen and oxygen atoms in total. The smallest absolute Gasteiger partial charge is 0.412 e. The van der Waals surface area contributed by atoms with Gasteiger partial charge in [-0.2, -0.15) is 0 Å². The van der Waals surface area contributed by atoms with E-state index in [1.807, 2.05) is 26.0 Å². The number of hydrogen-bond acceptors (Lipinski definition) is 10. The largest absolute Gasteiger partial charge is 0.496 e. The fourth-order valence-electron chi connectivity index (χ4n) is 4.29. The molecule has 0 aliphatic carbocycles. The molecule has 3 heterocycles. The lowest BCUT2D eigenvalue weighted by Gasteiger charge is -2.19. The third-order valence-electron chi connectivity index (χ3n) is 5.78. The Hall–Kier alpha value is -4.19. The number of rotatable bonds is 5. The van der Waals surface area contributed by atoms with Gasteiger partial charge in [0.25, 0.3) is 0 Å². The van der Waals surface area contributed by atoms with Crippen LogP contribution in [0.2, 0.25) is 0 Å². The zero-order valence-electron chi connectivity index (χ0n) is 22.5. The van der Waals surface area contributed by atoms with Gasteiger partial charge in [-0.3, -0.25) is 9.88 Å². The molecular formula is C26H30N6O5S. The molecule has 3 N–H and O–H groups in total. The Kier molecular flexibility index (Phi) is 7.02. The molecule has 0 aliphatic heterocycles. The third kappa shape index (κ3) is 4.74. The lowest BCUT2D eigenvalue weighted by atomic mass is 10.1. The molecule has 0 unspecified atom stereocenters. The van der Waals surface area contributed by atoms with Crippen LogP contribution in [0, 0.1) is 20.8 Å². The van der Waals surface area contributed by atoms with E-state index >= 15 is 0 Å². The molecule has 0 atom stereocenters. The van der Waals surface area contributed by atoms with Gasteiger partial charge in [0.15, 0.2) is 5.65 Å². The number of fused-ring (bicyclic) bond motifs is 1. The monoisotopic (exact) mass is 538 g/mol. The number of anilines is 2. The molecule has 0 aliphatic rings. The molecule has 1 amide bonds. The molecule has 0 saturated heterocycles. The number of aromatic nitrogens is 4. The number of nitrogen functional groups attached to an aromatic ring is 1. The highest BCUT2D eigenvalue weighted by molar-refractivity contribution is 7.14. The van der Waals surface area contributed by atoms with Gasteiger partial charge in [0, 0.05) is 5.56 Å². The van der Waals surface area contributed by atoms with Crippen molar-refractivity contribution in [2.45, 2.75) is 47.1 Å². The number of nitrogens with one attached hydrogen (secondary N) is 1. The van der Waals surface area contributed by atoms with Crippen molar-refractivity contribution in [2.24, 2.45) is 0 Å². The summed E-state index contributed by atoms with van der Waals surface area (Å²) in [6.07, 6.45) is -0.641. The Labute approximate surface area is 224 Å². The number of esters is 1. The Balaban J connectivity index is 2.05. The Morgan fingerprint density at radius 1 is 1.08 bits per heavy atom. The summed E-state index contributed by atoms with van der Waals surface area (Å²) in [6, 6.07) is 3.77. The highest BCUT2D eigenvalue weighted by Gasteiger charge is 2.31. The average Bonchev–Trinajstić information content (AvgIpc) is 3.39. The minimum Gasteiger partial charge on any atom is -0.496 e. The van der Waals surface area contributed by atoms with Crippen molar-refractivity contribution in [3.05, 3.63) is 40.2 Å². The van der Waals surface area contributed by atoms with Crippen molar-refractivity contribution in [2.75, 3.05) is 25.3 Å². The van der Waals surface area contributed by atoms with E-state index < -0.39 is 17.7 Å². The first kappa shape index (κ1) is 26.9. The molecule has 1 aromatic carbocycles. The summed E-state index contributed by atoms with van der Waals surface area (Å²) in [5, 5.41) is 3.49. The number of ether oxygens (including phenoxy) is 3. The molecule has 4 aromatic rings. The normalized spacial score (nSPS) is 11.5. The lowest BCUT2D eigenvalue weighted by Crippen LogP contribution is -2.27. The minimum atomic E-state index is -0.691. The molecule has 0 spiro atoms. The number of methoxy groups -OCH3 is 2. The first-order chi connectivity index (χ1) is 17.9. The summed E-state index contributed by atoms with van der Waals surface area (Å²) in [5.74, 6) is 0.539. The van der Waals surface area contributed by atoms with Crippen molar-refractivity contribution in [3.63, 3.8) is 0 Å². The van der Waals surface area contributed by atoms with Crippen LogP contribution in [0.5, 0.6) is 5.75 Å². The zero-order valence-corrected chi connectivity index (χ0v) is 23.4. The van der Waals surface area contributed by atoms with E-state index in [0.29, 0.717) is 39.0 Å². The molecule has 12 heteroatoms. The topological polar surface area (TPSA) is 143 Å². The average molecular weight is 539 g/mol. The van der Waals surface area contributed by atoms with Crippen LogP contribution in [0.15, 0.2) is 17.6 Å². The second kappa shape index (κ2) is 9.93. The molecular weight excluding hydrogens is 508 g/mol. The molecule has 4 rings (SSSR count). The number of nitrogens with two attached hydrogens (primary N) is 1. The van der Waals surface area contributed by atoms with Gasteiger partial charge in [-0.15, -0.1) is 11.3 Å². The highest BCUT2D eigenvalue weighted by Crippen LogP contribution is 2.41. The van der Waals surface area contributed by atoms with E-state index in [2.05, 4.69) is 20.3 Å². The first-order valence-corrected chi connectivity index (χ1v) is 12.6. The van der Waals surface area contributed by atoms with E-state index in [1.54, 1.807) is 44.9 Å². The lowest BCUT2D eigenvalue weighted by molar-refractivity contribution is 0.0601. The number of amides is 1. The maximum atomic E-state index is 13.1. The molecule has 0 bridgehead atoms. The summed E-state index contributed by atoms with van der Waals surface area (Å²) >= 11 is 1.20. The van der Waals surface area contributed by atoms with Crippen LogP contribution in [0.1, 0.15) is 48.1 Å². The highest BCUT2D eigenvalue weighted by atomic mass is 32.1. The zero-order chi connectivity index (χ0) is 27.9. The molecule has 0 saturated carbocycles. The Bertz CT molecular complexity index is 1570. The molecule has 200 valence electrons.